The molecule has 2 unspecified atom stereocenters. The van der Waals surface area contributed by atoms with E-state index in [2.05, 4.69) is 34.4 Å². The first kappa shape index (κ1) is 20.9. The van der Waals surface area contributed by atoms with Crippen LogP contribution in [0.1, 0.15) is 27.2 Å². The Bertz CT molecular complexity index is 279. The highest BCUT2D eigenvalue weighted by Crippen LogP contribution is 2.20. The lowest BCUT2D eigenvalue weighted by Gasteiger charge is -2.35. The molecule has 126 valence electrons. The molecule has 0 aromatic carbocycles. The van der Waals surface area contributed by atoms with Crippen LogP contribution >= 0.6 is 24.0 Å². The summed E-state index contributed by atoms with van der Waals surface area (Å²) in [5.41, 5.74) is 0. The molecule has 1 saturated heterocycles. The molecule has 0 bridgehead atoms. The quantitative estimate of drug-likeness (QED) is 0.290. The van der Waals surface area contributed by atoms with Crippen molar-refractivity contribution >= 4 is 29.9 Å². The molecular formula is C15H33IN4O. The summed E-state index contributed by atoms with van der Waals surface area (Å²) >= 11 is 0. The number of nitrogens with one attached hydrogen (secondary N) is 2. The van der Waals surface area contributed by atoms with Crippen molar-refractivity contribution < 1.29 is 4.74 Å². The average Bonchev–Trinajstić information content (AvgIpc) is 2.40. The summed E-state index contributed by atoms with van der Waals surface area (Å²) in [5, 5.41) is 6.62. The maximum absolute atomic E-state index is 5.30. The van der Waals surface area contributed by atoms with Crippen LogP contribution in [0.2, 0.25) is 0 Å². The van der Waals surface area contributed by atoms with Crippen LogP contribution in [-0.2, 0) is 4.74 Å². The van der Waals surface area contributed by atoms with Crippen LogP contribution < -0.4 is 10.6 Å². The maximum Gasteiger partial charge on any atom is 0.191 e. The van der Waals surface area contributed by atoms with Gasteiger partial charge in [0.05, 0.1) is 6.61 Å². The van der Waals surface area contributed by atoms with Gasteiger partial charge in [0.25, 0.3) is 0 Å². The van der Waals surface area contributed by atoms with E-state index in [1.165, 1.54) is 19.5 Å². The van der Waals surface area contributed by atoms with E-state index in [-0.39, 0.29) is 24.0 Å². The lowest BCUT2D eigenvalue weighted by molar-refractivity contribution is 0.143. The molecule has 2 atom stereocenters. The molecular weight excluding hydrogens is 379 g/mol. The van der Waals surface area contributed by atoms with Crippen LogP contribution in [-0.4, -0.2) is 63.8 Å². The highest BCUT2D eigenvalue weighted by Gasteiger charge is 2.21. The molecule has 5 nitrogen and oxygen atoms in total. The Labute approximate surface area is 147 Å². The van der Waals surface area contributed by atoms with Gasteiger partial charge in [-0.15, -0.1) is 24.0 Å². The minimum absolute atomic E-state index is 0. The predicted octanol–water partition coefficient (Wildman–Crippen LogP) is 1.78. The van der Waals surface area contributed by atoms with Gasteiger partial charge in [0.2, 0.25) is 0 Å². The fourth-order valence-electron chi connectivity index (χ4n) is 2.91. The molecule has 1 aliphatic rings. The Morgan fingerprint density at radius 2 is 1.81 bits per heavy atom. The van der Waals surface area contributed by atoms with Crippen LogP contribution in [0.4, 0.5) is 0 Å². The van der Waals surface area contributed by atoms with Crippen molar-refractivity contribution in [3.05, 3.63) is 0 Å². The lowest BCUT2D eigenvalue weighted by Crippen LogP contribution is -2.45. The third kappa shape index (κ3) is 9.52. The van der Waals surface area contributed by atoms with E-state index in [9.17, 15) is 0 Å². The molecule has 0 spiro atoms. The normalized spacial score (nSPS) is 23.5. The van der Waals surface area contributed by atoms with Crippen LogP contribution in [0.25, 0.3) is 0 Å². The van der Waals surface area contributed by atoms with E-state index in [0.717, 1.165) is 50.6 Å². The average molecular weight is 412 g/mol. The summed E-state index contributed by atoms with van der Waals surface area (Å²) in [7, 11) is 1.81. The second-order valence-corrected chi connectivity index (χ2v) is 5.83. The van der Waals surface area contributed by atoms with Crippen molar-refractivity contribution in [3.8, 4) is 0 Å². The Morgan fingerprint density at radius 3 is 2.38 bits per heavy atom. The number of aliphatic imine (C=N–C) groups is 1. The van der Waals surface area contributed by atoms with Gasteiger partial charge in [-0.3, -0.25) is 4.99 Å². The van der Waals surface area contributed by atoms with Gasteiger partial charge in [-0.2, -0.15) is 0 Å². The van der Waals surface area contributed by atoms with E-state index in [4.69, 9.17) is 4.74 Å². The summed E-state index contributed by atoms with van der Waals surface area (Å²) < 4.78 is 5.30. The molecule has 2 N–H and O–H groups in total. The molecule has 0 radical (unpaired) electrons. The largest absolute Gasteiger partial charge is 0.380 e. The van der Waals surface area contributed by atoms with Gasteiger partial charge in [-0.1, -0.05) is 13.8 Å². The van der Waals surface area contributed by atoms with Crippen LogP contribution in [0.5, 0.6) is 0 Å². The maximum atomic E-state index is 5.30. The first-order chi connectivity index (χ1) is 9.65. The first-order valence-corrected chi connectivity index (χ1v) is 7.90. The summed E-state index contributed by atoms with van der Waals surface area (Å²) in [6, 6.07) is 0. The summed E-state index contributed by atoms with van der Waals surface area (Å²) in [6.07, 6.45) is 1.37. The molecule has 21 heavy (non-hydrogen) atoms. The Morgan fingerprint density at radius 1 is 1.19 bits per heavy atom. The first-order valence-electron chi connectivity index (χ1n) is 7.90. The Balaban J connectivity index is 0.00000400. The molecule has 1 aliphatic heterocycles. The van der Waals surface area contributed by atoms with E-state index >= 15 is 0 Å². The number of hydrogen-bond acceptors (Lipinski definition) is 3. The second kappa shape index (κ2) is 12.5. The molecule has 1 heterocycles. The molecule has 0 aromatic rings. The zero-order valence-electron chi connectivity index (χ0n) is 14.0. The van der Waals surface area contributed by atoms with E-state index in [1.54, 1.807) is 7.05 Å². The number of ether oxygens (including phenoxy) is 1. The van der Waals surface area contributed by atoms with Gasteiger partial charge in [-0.25, -0.2) is 0 Å². The van der Waals surface area contributed by atoms with Gasteiger partial charge in [-0.05, 0) is 25.2 Å². The van der Waals surface area contributed by atoms with Crippen molar-refractivity contribution in [2.75, 3.05) is 53.0 Å². The fraction of sp³-hybridized carbons (Fsp3) is 0.933. The number of guanidine groups is 1. The molecule has 1 fully saturated rings. The van der Waals surface area contributed by atoms with Crippen molar-refractivity contribution in [3.63, 3.8) is 0 Å². The molecule has 0 aliphatic carbocycles. The van der Waals surface area contributed by atoms with Gasteiger partial charge < -0.3 is 20.3 Å². The molecule has 0 saturated carbocycles. The van der Waals surface area contributed by atoms with Crippen molar-refractivity contribution in [2.24, 2.45) is 16.8 Å². The smallest absolute Gasteiger partial charge is 0.191 e. The molecule has 0 amide bonds. The monoisotopic (exact) mass is 412 g/mol. The highest BCUT2D eigenvalue weighted by molar-refractivity contribution is 14.0. The van der Waals surface area contributed by atoms with Crippen LogP contribution in [0.15, 0.2) is 4.99 Å². The van der Waals surface area contributed by atoms with Gasteiger partial charge in [0.15, 0.2) is 5.96 Å². The zero-order chi connectivity index (χ0) is 14.8. The van der Waals surface area contributed by atoms with Gasteiger partial charge in [0.1, 0.15) is 0 Å². The molecule has 0 aromatic heterocycles. The number of rotatable bonds is 7. The molecule has 6 heteroatoms. The minimum atomic E-state index is 0. The fourth-order valence-corrected chi connectivity index (χ4v) is 2.91. The van der Waals surface area contributed by atoms with Gasteiger partial charge >= 0.3 is 0 Å². The van der Waals surface area contributed by atoms with E-state index < -0.39 is 0 Å². The summed E-state index contributed by atoms with van der Waals surface area (Å²) in [5.74, 6) is 2.51. The number of piperidine rings is 1. The SMILES string of the molecule is CCOCCNC(=NC)NCCN1CC(C)CC(C)C1.I. The third-order valence-corrected chi connectivity index (χ3v) is 3.63. The topological polar surface area (TPSA) is 48.9 Å². The summed E-state index contributed by atoms with van der Waals surface area (Å²) in [6.45, 7) is 13.5. The van der Waals surface area contributed by atoms with Crippen molar-refractivity contribution in [1.29, 1.82) is 0 Å². The second-order valence-electron chi connectivity index (χ2n) is 5.83. The van der Waals surface area contributed by atoms with Gasteiger partial charge in [0, 0.05) is 46.4 Å². The van der Waals surface area contributed by atoms with E-state index in [0.29, 0.717) is 0 Å². The van der Waals surface area contributed by atoms with E-state index in [1.807, 2.05) is 6.92 Å². The number of hydrogen-bond donors (Lipinski definition) is 2. The Hall–Kier alpha value is -0.0800. The highest BCUT2D eigenvalue weighted by atomic mass is 127. The van der Waals surface area contributed by atoms with Crippen molar-refractivity contribution in [1.82, 2.24) is 15.5 Å². The third-order valence-electron chi connectivity index (χ3n) is 3.63. The zero-order valence-corrected chi connectivity index (χ0v) is 16.4. The lowest BCUT2D eigenvalue weighted by atomic mass is 9.92. The number of nitrogens with zero attached hydrogens (tertiary/aromatic N) is 2. The summed E-state index contributed by atoms with van der Waals surface area (Å²) in [4.78, 5) is 6.77. The number of likely N-dealkylation sites (tertiary alicyclic amines) is 1. The Kier molecular flexibility index (Phi) is 12.4. The van der Waals surface area contributed by atoms with Crippen LogP contribution in [0, 0.1) is 11.8 Å². The number of halogens is 1. The predicted molar refractivity (Wildman–Crippen MR) is 101 cm³/mol. The van der Waals surface area contributed by atoms with Crippen LogP contribution in [0.3, 0.4) is 0 Å². The van der Waals surface area contributed by atoms with Crippen molar-refractivity contribution in [2.45, 2.75) is 27.2 Å². The molecule has 1 rings (SSSR count). The standard InChI is InChI=1S/C15H32N4O.HI/c1-5-20-9-7-18-15(16-4)17-6-8-19-11-13(2)10-14(3)12-19;/h13-14H,5-12H2,1-4H3,(H2,16,17,18);1H. The minimum Gasteiger partial charge on any atom is -0.380 e.